The molecule has 1 aliphatic rings. The number of anilines is 1. The average Bonchev–Trinajstić information content (AvgIpc) is 3.25. The van der Waals surface area contributed by atoms with Crippen LogP contribution in [-0.4, -0.2) is 38.1 Å². The lowest BCUT2D eigenvalue weighted by atomic mass is 10.2. The van der Waals surface area contributed by atoms with Gasteiger partial charge in [-0.1, -0.05) is 0 Å². The zero-order valence-electron chi connectivity index (χ0n) is 13.5. The Morgan fingerprint density at radius 3 is 2.96 bits per heavy atom. The Labute approximate surface area is 138 Å². The van der Waals surface area contributed by atoms with Crippen LogP contribution < -0.4 is 10.6 Å². The van der Waals surface area contributed by atoms with Gasteiger partial charge in [-0.25, -0.2) is 9.97 Å². The summed E-state index contributed by atoms with van der Waals surface area (Å²) in [5.74, 6) is 2.86. The Morgan fingerprint density at radius 2 is 2.25 bits per heavy atom. The van der Waals surface area contributed by atoms with Crippen LogP contribution in [0.15, 0.2) is 22.6 Å². The van der Waals surface area contributed by atoms with E-state index in [1.54, 1.807) is 10.6 Å². The molecule has 0 bridgehead atoms. The van der Waals surface area contributed by atoms with E-state index in [4.69, 9.17) is 4.42 Å². The second-order valence-corrected chi connectivity index (χ2v) is 5.94. The van der Waals surface area contributed by atoms with Crippen LogP contribution in [0.1, 0.15) is 24.4 Å². The second kappa shape index (κ2) is 5.72. The van der Waals surface area contributed by atoms with Crippen LogP contribution in [0.3, 0.4) is 0 Å². The number of carbonyl (C=O) groups is 1. The maximum atomic E-state index is 12.3. The molecule has 0 aliphatic carbocycles. The number of nitrogens with zero attached hydrogens (tertiary/aromatic N) is 4. The van der Waals surface area contributed by atoms with Crippen LogP contribution in [-0.2, 0) is 4.79 Å². The molecule has 8 nitrogen and oxygen atoms in total. The summed E-state index contributed by atoms with van der Waals surface area (Å²) in [6.07, 6.45) is 1.84. The first-order chi connectivity index (χ1) is 11.6. The third-order valence-corrected chi connectivity index (χ3v) is 4.02. The number of hydrogen-bond acceptors (Lipinski definition) is 6. The minimum Gasteiger partial charge on any atom is -0.458 e. The molecular formula is C16H18N6O2. The van der Waals surface area contributed by atoms with Gasteiger partial charge in [0.15, 0.2) is 11.4 Å². The fraction of sp³-hybridized carbons (Fsp3) is 0.375. The highest BCUT2D eigenvalue weighted by atomic mass is 16.3. The lowest BCUT2D eigenvalue weighted by Crippen LogP contribution is -2.35. The topological polar surface area (TPSA) is 97.3 Å². The SMILES string of the molecule is Cc1nc2cc(NC(=O)[C@H]3CCCN3)nc(-c3ccc(C)o3)n2n1. The van der Waals surface area contributed by atoms with Crippen molar-refractivity contribution in [3.63, 3.8) is 0 Å². The molecule has 4 rings (SSSR count). The van der Waals surface area contributed by atoms with E-state index in [0.29, 0.717) is 28.9 Å². The molecule has 0 unspecified atom stereocenters. The van der Waals surface area contributed by atoms with Gasteiger partial charge in [-0.3, -0.25) is 4.79 Å². The Hall–Kier alpha value is -2.74. The van der Waals surface area contributed by atoms with Gasteiger partial charge >= 0.3 is 0 Å². The van der Waals surface area contributed by atoms with Crippen LogP contribution in [0.2, 0.25) is 0 Å². The van der Waals surface area contributed by atoms with Gasteiger partial charge in [0.05, 0.1) is 6.04 Å². The Bertz CT molecular complexity index is 907. The molecule has 4 heterocycles. The molecule has 1 fully saturated rings. The predicted octanol–water partition coefficient (Wildman–Crippen LogP) is 1.69. The molecule has 0 saturated carbocycles. The molecule has 0 spiro atoms. The number of fused-ring (bicyclic) bond motifs is 1. The number of carbonyl (C=O) groups excluding carboxylic acids is 1. The molecular weight excluding hydrogens is 308 g/mol. The Kier molecular flexibility index (Phi) is 3.53. The molecule has 24 heavy (non-hydrogen) atoms. The summed E-state index contributed by atoms with van der Waals surface area (Å²) in [5.41, 5.74) is 0.612. The molecule has 1 amide bonds. The number of rotatable bonds is 3. The van der Waals surface area contributed by atoms with Crippen LogP contribution in [0.25, 0.3) is 17.2 Å². The Balaban J connectivity index is 1.75. The van der Waals surface area contributed by atoms with Crippen molar-refractivity contribution in [2.24, 2.45) is 0 Å². The van der Waals surface area contributed by atoms with Crippen molar-refractivity contribution in [2.75, 3.05) is 11.9 Å². The summed E-state index contributed by atoms with van der Waals surface area (Å²) in [5, 5.41) is 10.4. The van der Waals surface area contributed by atoms with E-state index in [2.05, 4.69) is 25.7 Å². The number of nitrogens with one attached hydrogen (secondary N) is 2. The van der Waals surface area contributed by atoms with Crippen molar-refractivity contribution in [1.82, 2.24) is 24.9 Å². The van der Waals surface area contributed by atoms with Gasteiger partial charge in [0.25, 0.3) is 0 Å². The van der Waals surface area contributed by atoms with Crippen molar-refractivity contribution in [2.45, 2.75) is 32.7 Å². The zero-order valence-corrected chi connectivity index (χ0v) is 13.5. The van der Waals surface area contributed by atoms with Crippen LogP contribution in [0.5, 0.6) is 0 Å². The summed E-state index contributed by atoms with van der Waals surface area (Å²) in [4.78, 5) is 21.2. The number of furan rings is 1. The fourth-order valence-corrected chi connectivity index (χ4v) is 2.90. The van der Waals surface area contributed by atoms with Gasteiger partial charge in [-0.05, 0) is 45.4 Å². The summed E-state index contributed by atoms with van der Waals surface area (Å²) < 4.78 is 7.29. The largest absolute Gasteiger partial charge is 0.458 e. The summed E-state index contributed by atoms with van der Waals surface area (Å²) in [7, 11) is 0. The van der Waals surface area contributed by atoms with E-state index in [1.807, 2.05) is 26.0 Å². The molecule has 1 atom stereocenters. The van der Waals surface area contributed by atoms with Gasteiger partial charge < -0.3 is 15.1 Å². The number of amides is 1. The highest BCUT2D eigenvalue weighted by Crippen LogP contribution is 2.23. The van der Waals surface area contributed by atoms with Crippen LogP contribution in [0.4, 0.5) is 5.82 Å². The molecule has 8 heteroatoms. The van der Waals surface area contributed by atoms with Gasteiger partial charge in [0.2, 0.25) is 11.7 Å². The van der Waals surface area contributed by atoms with E-state index in [-0.39, 0.29) is 11.9 Å². The van der Waals surface area contributed by atoms with Gasteiger partial charge in [-0.15, -0.1) is 5.10 Å². The number of aryl methyl sites for hydroxylation is 2. The minimum absolute atomic E-state index is 0.0813. The lowest BCUT2D eigenvalue weighted by molar-refractivity contribution is -0.117. The fourth-order valence-electron chi connectivity index (χ4n) is 2.90. The van der Waals surface area contributed by atoms with Gasteiger partial charge in [-0.2, -0.15) is 4.52 Å². The molecule has 0 aromatic carbocycles. The number of aromatic nitrogens is 4. The highest BCUT2D eigenvalue weighted by Gasteiger charge is 2.23. The first kappa shape index (κ1) is 14.8. The third-order valence-electron chi connectivity index (χ3n) is 4.02. The second-order valence-electron chi connectivity index (χ2n) is 5.94. The average molecular weight is 326 g/mol. The first-order valence-electron chi connectivity index (χ1n) is 7.95. The normalized spacial score (nSPS) is 17.5. The first-order valence-corrected chi connectivity index (χ1v) is 7.95. The molecule has 0 radical (unpaired) electrons. The predicted molar refractivity (Wildman–Crippen MR) is 87.6 cm³/mol. The standard InChI is InChI=1S/C16H18N6O2/c1-9-5-6-12(24-9)15-19-13(8-14-18-10(2)21-22(14)15)20-16(23)11-4-3-7-17-11/h5-6,8,11,17H,3-4,7H2,1-2H3,(H,20,23)/t11-/m1/s1. The van der Waals surface area contributed by atoms with Crippen molar-refractivity contribution in [1.29, 1.82) is 0 Å². The van der Waals surface area contributed by atoms with Crippen LogP contribution >= 0.6 is 0 Å². The van der Waals surface area contributed by atoms with Crippen molar-refractivity contribution in [3.8, 4) is 11.6 Å². The monoisotopic (exact) mass is 326 g/mol. The molecule has 1 aliphatic heterocycles. The van der Waals surface area contributed by atoms with E-state index in [9.17, 15) is 4.79 Å². The maximum absolute atomic E-state index is 12.3. The molecule has 3 aromatic rings. The summed E-state index contributed by atoms with van der Waals surface area (Å²) in [6, 6.07) is 5.24. The lowest BCUT2D eigenvalue weighted by Gasteiger charge is -2.11. The summed E-state index contributed by atoms with van der Waals surface area (Å²) in [6.45, 7) is 4.54. The zero-order chi connectivity index (χ0) is 16.7. The van der Waals surface area contributed by atoms with E-state index in [1.165, 1.54) is 0 Å². The summed E-state index contributed by atoms with van der Waals surface area (Å²) >= 11 is 0. The smallest absolute Gasteiger partial charge is 0.242 e. The van der Waals surface area contributed by atoms with E-state index < -0.39 is 0 Å². The number of hydrogen-bond donors (Lipinski definition) is 2. The minimum atomic E-state index is -0.170. The Morgan fingerprint density at radius 1 is 1.38 bits per heavy atom. The highest BCUT2D eigenvalue weighted by molar-refractivity contribution is 5.94. The van der Waals surface area contributed by atoms with Crippen LogP contribution in [0, 0.1) is 13.8 Å². The van der Waals surface area contributed by atoms with Crippen molar-refractivity contribution < 1.29 is 9.21 Å². The maximum Gasteiger partial charge on any atom is 0.242 e. The van der Waals surface area contributed by atoms with Crippen molar-refractivity contribution in [3.05, 3.63) is 29.8 Å². The van der Waals surface area contributed by atoms with Crippen molar-refractivity contribution >= 4 is 17.4 Å². The van der Waals surface area contributed by atoms with E-state index in [0.717, 1.165) is 25.1 Å². The molecule has 2 N–H and O–H groups in total. The molecule has 124 valence electrons. The van der Waals surface area contributed by atoms with Gasteiger partial charge in [0.1, 0.15) is 17.4 Å². The van der Waals surface area contributed by atoms with Gasteiger partial charge in [0, 0.05) is 6.07 Å². The van der Waals surface area contributed by atoms with E-state index >= 15 is 0 Å². The third kappa shape index (κ3) is 2.65. The molecule has 3 aromatic heterocycles. The quantitative estimate of drug-likeness (QED) is 0.760. The molecule has 1 saturated heterocycles.